The van der Waals surface area contributed by atoms with Gasteiger partial charge in [0.15, 0.2) is 0 Å². The van der Waals surface area contributed by atoms with Crippen molar-refractivity contribution in [2.75, 3.05) is 6.61 Å². The Morgan fingerprint density at radius 3 is 2.50 bits per heavy atom. The van der Waals surface area contributed by atoms with E-state index in [2.05, 4.69) is 26.0 Å². The van der Waals surface area contributed by atoms with E-state index in [4.69, 9.17) is 4.74 Å². The number of hydrogen-bond acceptors (Lipinski definition) is 2. The van der Waals surface area contributed by atoms with E-state index in [1.165, 1.54) is 5.56 Å². The molecule has 2 rings (SSSR count). The summed E-state index contributed by atoms with van der Waals surface area (Å²) in [6.45, 7) is 4.26. The molecule has 0 saturated heterocycles. The summed E-state index contributed by atoms with van der Waals surface area (Å²) < 4.78 is 6.05. The molecule has 0 aromatic heterocycles. The summed E-state index contributed by atoms with van der Waals surface area (Å²) in [7, 11) is 0. The van der Waals surface area contributed by atoms with Gasteiger partial charge in [-0.25, -0.2) is 0 Å². The third-order valence-electron chi connectivity index (χ3n) is 3.46. The van der Waals surface area contributed by atoms with Gasteiger partial charge in [0.05, 0.1) is 6.61 Å². The van der Waals surface area contributed by atoms with E-state index in [-0.39, 0.29) is 12.2 Å². The minimum atomic E-state index is -0.319. The molecule has 0 bridgehead atoms. The zero-order valence-corrected chi connectivity index (χ0v) is 10.1. The fourth-order valence-corrected chi connectivity index (χ4v) is 2.46. The zero-order valence-electron chi connectivity index (χ0n) is 10.1. The summed E-state index contributed by atoms with van der Waals surface area (Å²) in [5, 5.41) is 9.50. The van der Waals surface area contributed by atoms with Crippen molar-refractivity contribution in [1.82, 2.24) is 0 Å². The molecule has 16 heavy (non-hydrogen) atoms. The molecule has 0 amide bonds. The first-order valence-corrected chi connectivity index (χ1v) is 6.02. The molecule has 2 heteroatoms. The van der Waals surface area contributed by atoms with Crippen molar-refractivity contribution >= 4 is 0 Å². The van der Waals surface area contributed by atoms with Gasteiger partial charge in [0, 0.05) is 0 Å². The number of aliphatic hydroxyl groups excluding tert-OH is 1. The van der Waals surface area contributed by atoms with Crippen molar-refractivity contribution < 1.29 is 9.84 Å². The predicted octanol–water partition coefficient (Wildman–Crippen LogP) is 2.99. The lowest BCUT2D eigenvalue weighted by Gasteiger charge is -2.29. The Labute approximate surface area is 97.3 Å². The molecule has 0 aliphatic heterocycles. The Morgan fingerprint density at radius 1 is 1.25 bits per heavy atom. The molecule has 1 saturated carbocycles. The molecular weight excluding hydrogens is 200 g/mol. The summed E-state index contributed by atoms with van der Waals surface area (Å²) in [6.07, 6.45) is 4.25. The first-order valence-electron chi connectivity index (χ1n) is 6.02. The lowest BCUT2D eigenvalue weighted by atomic mass is 10.0. The van der Waals surface area contributed by atoms with E-state index in [1.807, 2.05) is 6.07 Å². The molecule has 1 fully saturated rings. The van der Waals surface area contributed by atoms with Gasteiger partial charge in [0.25, 0.3) is 0 Å². The largest absolute Gasteiger partial charge is 0.485 e. The van der Waals surface area contributed by atoms with E-state index < -0.39 is 0 Å². The maximum Gasteiger partial charge on any atom is 0.132 e. The van der Waals surface area contributed by atoms with E-state index in [0.29, 0.717) is 0 Å². The van der Waals surface area contributed by atoms with Crippen molar-refractivity contribution in [2.45, 2.75) is 45.1 Å². The monoisotopic (exact) mass is 220 g/mol. The highest BCUT2D eigenvalue weighted by Crippen LogP contribution is 2.35. The third-order valence-corrected chi connectivity index (χ3v) is 3.46. The molecule has 0 spiro atoms. The average Bonchev–Trinajstić information content (AvgIpc) is 2.72. The highest BCUT2D eigenvalue weighted by atomic mass is 16.5. The third kappa shape index (κ3) is 2.22. The van der Waals surface area contributed by atoms with Gasteiger partial charge in [-0.15, -0.1) is 0 Å². The predicted molar refractivity (Wildman–Crippen MR) is 64.8 cm³/mol. The number of aryl methyl sites for hydroxylation is 2. The van der Waals surface area contributed by atoms with Crippen LogP contribution in [0.4, 0.5) is 0 Å². The van der Waals surface area contributed by atoms with Crippen LogP contribution in [0.1, 0.15) is 36.8 Å². The lowest BCUT2D eigenvalue weighted by molar-refractivity contribution is 0.0146. The summed E-state index contributed by atoms with van der Waals surface area (Å²) in [4.78, 5) is 0. The van der Waals surface area contributed by atoms with Gasteiger partial charge in [0.2, 0.25) is 0 Å². The number of rotatable bonds is 3. The van der Waals surface area contributed by atoms with E-state index in [9.17, 15) is 5.11 Å². The van der Waals surface area contributed by atoms with Crippen LogP contribution in [0.2, 0.25) is 0 Å². The highest BCUT2D eigenvalue weighted by Gasteiger charge is 2.35. The van der Waals surface area contributed by atoms with Crippen molar-refractivity contribution in [3.05, 3.63) is 29.3 Å². The SMILES string of the molecule is Cc1ccc(OC2(CO)CCCC2)c(C)c1. The van der Waals surface area contributed by atoms with Crippen molar-refractivity contribution in [2.24, 2.45) is 0 Å². The van der Waals surface area contributed by atoms with Gasteiger partial charge in [-0.3, -0.25) is 0 Å². The molecule has 1 aromatic carbocycles. The second kappa shape index (κ2) is 4.46. The van der Waals surface area contributed by atoms with Crippen LogP contribution in [-0.2, 0) is 0 Å². The van der Waals surface area contributed by atoms with Crippen molar-refractivity contribution in [1.29, 1.82) is 0 Å². The minimum Gasteiger partial charge on any atom is -0.485 e. The van der Waals surface area contributed by atoms with E-state index in [1.54, 1.807) is 0 Å². The Balaban J connectivity index is 2.19. The summed E-state index contributed by atoms with van der Waals surface area (Å²) in [5.74, 6) is 0.918. The number of ether oxygens (including phenoxy) is 1. The van der Waals surface area contributed by atoms with Crippen LogP contribution >= 0.6 is 0 Å². The van der Waals surface area contributed by atoms with Gasteiger partial charge in [0.1, 0.15) is 11.4 Å². The van der Waals surface area contributed by atoms with Crippen LogP contribution in [0.5, 0.6) is 5.75 Å². The quantitative estimate of drug-likeness (QED) is 0.848. The van der Waals surface area contributed by atoms with Crippen molar-refractivity contribution in [3.63, 3.8) is 0 Å². The molecule has 0 unspecified atom stereocenters. The average molecular weight is 220 g/mol. The summed E-state index contributed by atoms with van der Waals surface area (Å²) >= 11 is 0. The van der Waals surface area contributed by atoms with Crippen LogP contribution in [0, 0.1) is 13.8 Å². The Kier molecular flexibility index (Phi) is 3.20. The van der Waals surface area contributed by atoms with Crippen LogP contribution in [0.3, 0.4) is 0 Å². The minimum absolute atomic E-state index is 0.125. The van der Waals surface area contributed by atoms with E-state index in [0.717, 1.165) is 37.0 Å². The zero-order chi connectivity index (χ0) is 11.6. The highest BCUT2D eigenvalue weighted by molar-refractivity contribution is 5.36. The second-order valence-corrected chi connectivity index (χ2v) is 4.92. The fraction of sp³-hybridized carbons (Fsp3) is 0.571. The summed E-state index contributed by atoms with van der Waals surface area (Å²) in [6, 6.07) is 6.19. The van der Waals surface area contributed by atoms with Gasteiger partial charge < -0.3 is 9.84 Å². The number of aliphatic hydroxyl groups is 1. The molecule has 0 heterocycles. The molecule has 2 nitrogen and oxygen atoms in total. The Bertz CT molecular complexity index is 365. The maximum atomic E-state index is 9.50. The van der Waals surface area contributed by atoms with Crippen LogP contribution in [0.15, 0.2) is 18.2 Å². The topological polar surface area (TPSA) is 29.5 Å². The van der Waals surface area contributed by atoms with Crippen LogP contribution in [-0.4, -0.2) is 17.3 Å². The molecule has 1 aliphatic carbocycles. The van der Waals surface area contributed by atoms with Crippen molar-refractivity contribution in [3.8, 4) is 5.75 Å². The lowest BCUT2D eigenvalue weighted by Crippen LogP contribution is -2.37. The summed E-state index contributed by atoms with van der Waals surface area (Å²) in [5.41, 5.74) is 2.08. The Hall–Kier alpha value is -1.02. The smallest absolute Gasteiger partial charge is 0.132 e. The molecule has 0 radical (unpaired) electrons. The molecule has 1 aromatic rings. The number of hydrogen-bond donors (Lipinski definition) is 1. The fourth-order valence-electron chi connectivity index (χ4n) is 2.46. The van der Waals surface area contributed by atoms with Gasteiger partial charge in [-0.2, -0.15) is 0 Å². The maximum absolute atomic E-state index is 9.50. The second-order valence-electron chi connectivity index (χ2n) is 4.92. The Morgan fingerprint density at radius 2 is 1.94 bits per heavy atom. The van der Waals surface area contributed by atoms with E-state index >= 15 is 0 Å². The molecule has 88 valence electrons. The molecule has 1 aliphatic rings. The molecule has 0 atom stereocenters. The standard InChI is InChI=1S/C14H20O2/c1-11-5-6-13(12(2)9-11)16-14(10-15)7-3-4-8-14/h5-6,9,15H,3-4,7-8,10H2,1-2H3. The first kappa shape index (κ1) is 11.5. The van der Waals surface area contributed by atoms with Gasteiger partial charge in [-0.05, 0) is 51.2 Å². The van der Waals surface area contributed by atoms with Gasteiger partial charge >= 0.3 is 0 Å². The normalized spacial score (nSPS) is 18.7. The van der Waals surface area contributed by atoms with Crippen LogP contribution in [0.25, 0.3) is 0 Å². The molecular formula is C14H20O2. The first-order chi connectivity index (χ1) is 7.65. The molecule has 1 N–H and O–H groups in total. The van der Waals surface area contributed by atoms with Crippen LogP contribution < -0.4 is 4.74 Å². The number of benzene rings is 1. The van der Waals surface area contributed by atoms with Gasteiger partial charge in [-0.1, -0.05) is 17.7 Å².